The molecule has 3 atom stereocenters. The summed E-state index contributed by atoms with van der Waals surface area (Å²) in [7, 11) is 0. The molecule has 0 fully saturated rings. The molecule has 46 heavy (non-hydrogen) atoms. The highest BCUT2D eigenvalue weighted by atomic mass is 32.2. The molecular formula is C32H37F9O4S. The van der Waals surface area contributed by atoms with Gasteiger partial charge in [-0.1, -0.05) is 63.6 Å². The van der Waals surface area contributed by atoms with Gasteiger partial charge in [0.2, 0.25) is 0 Å². The Hall–Kier alpha value is -2.77. The number of carbonyl (C=O) groups is 1. The van der Waals surface area contributed by atoms with Crippen LogP contribution in [0.15, 0.2) is 47.4 Å². The van der Waals surface area contributed by atoms with Crippen LogP contribution in [0.25, 0.3) is 0 Å². The van der Waals surface area contributed by atoms with Crippen molar-refractivity contribution in [2.24, 2.45) is 5.92 Å². The van der Waals surface area contributed by atoms with Gasteiger partial charge in [-0.05, 0) is 60.6 Å². The number of unbranched alkanes of at least 4 members (excludes halogenated alkanes) is 5. The van der Waals surface area contributed by atoms with E-state index in [1.807, 2.05) is 18.2 Å². The fourth-order valence-corrected chi connectivity index (χ4v) is 7.37. The van der Waals surface area contributed by atoms with Gasteiger partial charge >= 0.3 is 29.9 Å². The first kappa shape index (κ1) is 37.7. The van der Waals surface area contributed by atoms with E-state index in [9.17, 15) is 59.6 Å². The third-order valence-corrected chi connectivity index (χ3v) is 10.3. The molecule has 1 aliphatic heterocycles. The van der Waals surface area contributed by atoms with E-state index in [1.165, 1.54) is 0 Å². The summed E-state index contributed by atoms with van der Waals surface area (Å²) in [6.45, 7) is 2.17. The summed E-state index contributed by atoms with van der Waals surface area (Å²) in [6, 6.07) is 12.4. The number of carboxylic acids is 1. The largest absolute Gasteiger partial charge is 0.508 e. The number of carboxylic acid groups (broad SMARTS) is 1. The molecule has 3 rings (SSSR count). The Bertz CT molecular complexity index is 1320. The van der Waals surface area contributed by atoms with Gasteiger partial charge < -0.3 is 15.3 Å². The molecule has 3 N–H and O–H groups in total. The quantitative estimate of drug-likeness (QED) is 0.121. The normalized spacial score (nSPS) is 19.9. The van der Waals surface area contributed by atoms with Crippen LogP contribution in [-0.4, -0.2) is 51.0 Å². The zero-order valence-corrected chi connectivity index (χ0v) is 25.9. The van der Waals surface area contributed by atoms with Gasteiger partial charge in [0.25, 0.3) is 0 Å². The van der Waals surface area contributed by atoms with Gasteiger partial charge in [-0.15, -0.1) is 11.8 Å². The minimum Gasteiger partial charge on any atom is -0.508 e. The summed E-state index contributed by atoms with van der Waals surface area (Å²) in [5, 5.41) is 29.1. The van der Waals surface area contributed by atoms with Crippen LogP contribution in [0, 0.1) is 5.92 Å². The standard InChI is InChI=1S/C32H37F9O4S/c1-28(21-10-12-22(42)13-11-21)19-46-26-18-23(43)14-15-24(26)25(28)9-7-5-3-2-4-6-8-20(27(44)45)16-17-29(33,34)30(35,36)31(37,38)32(39,40)41/h10-15,18,20,25,42-43H,2-9,16-17,19H2,1H3,(H,44,45)/t20?,25-,28-/m1/s1. The van der Waals surface area contributed by atoms with Gasteiger partial charge in [0.1, 0.15) is 11.5 Å². The molecule has 258 valence electrons. The minimum absolute atomic E-state index is 0.117. The SMILES string of the molecule is C[C@]1(c2ccc(O)cc2)CSc2cc(O)ccc2[C@H]1CCCCCCCCC(CCC(F)(F)C(F)(F)C(F)(F)C(F)(F)F)C(=O)O. The molecule has 1 heterocycles. The Kier molecular flexibility index (Phi) is 11.9. The third-order valence-electron chi connectivity index (χ3n) is 8.86. The first-order valence-electron chi connectivity index (χ1n) is 14.9. The average molecular weight is 689 g/mol. The van der Waals surface area contributed by atoms with Crippen LogP contribution in [0.5, 0.6) is 11.5 Å². The van der Waals surface area contributed by atoms with E-state index in [2.05, 4.69) is 6.92 Å². The smallest absolute Gasteiger partial charge is 0.460 e. The second-order valence-electron chi connectivity index (χ2n) is 12.2. The molecule has 0 aromatic heterocycles. The number of alkyl halides is 9. The molecule has 14 heteroatoms. The van der Waals surface area contributed by atoms with Gasteiger partial charge in [0.05, 0.1) is 5.92 Å². The van der Waals surface area contributed by atoms with E-state index in [0.29, 0.717) is 12.8 Å². The van der Waals surface area contributed by atoms with Crippen molar-refractivity contribution in [2.45, 2.75) is 111 Å². The zero-order chi connectivity index (χ0) is 34.6. The van der Waals surface area contributed by atoms with E-state index in [4.69, 9.17) is 0 Å². The summed E-state index contributed by atoms with van der Waals surface area (Å²) in [6.07, 6.45) is -5.88. The number of hydrogen-bond donors (Lipinski definition) is 3. The van der Waals surface area contributed by atoms with Crippen LogP contribution < -0.4 is 0 Å². The lowest BCUT2D eigenvalue weighted by Gasteiger charge is -2.43. The van der Waals surface area contributed by atoms with Gasteiger partial charge in [-0.3, -0.25) is 4.79 Å². The predicted molar refractivity (Wildman–Crippen MR) is 155 cm³/mol. The highest BCUT2D eigenvalue weighted by Crippen LogP contribution is 2.55. The van der Waals surface area contributed by atoms with Crippen LogP contribution in [0.4, 0.5) is 39.5 Å². The van der Waals surface area contributed by atoms with E-state index < -0.39 is 48.7 Å². The zero-order valence-electron chi connectivity index (χ0n) is 25.0. The lowest BCUT2D eigenvalue weighted by Crippen LogP contribution is -2.60. The summed E-state index contributed by atoms with van der Waals surface area (Å²) in [5.74, 6) is -21.5. The Morgan fingerprint density at radius 2 is 1.39 bits per heavy atom. The Balaban J connectivity index is 1.49. The Labute approximate surface area is 265 Å². The molecule has 2 aromatic carbocycles. The monoisotopic (exact) mass is 688 g/mol. The highest BCUT2D eigenvalue weighted by molar-refractivity contribution is 7.99. The lowest BCUT2D eigenvalue weighted by molar-refractivity contribution is -0.396. The van der Waals surface area contributed by atoms with E-state index >= 15 is 0 Å². The molecule has 0 saturated carbocycles. The summed E-state index contributed by atoms with van der Waals surface area (Å²) in [5.41, 5.74) is 1.94. The molecule has 0 aliphatic carbocycles. The van der Waals surface area contributed by atoms with Crippen molar-refractivity contribution in [3.63, 3.8) is 0 Å². The number of benzene rings is 2. The van der Waals surface area contributed by atoms with Crippen molar-refractivity contribution in [1.29, 1.82) is 0 Å². The second-order valence-corrected chi connectivity index (χ2v) is 13.2. The molecule has 0 spiro atoms. The Morgan fingerprint density at radius 1 is 0.826 bits per heavy atom. The Morgan fingerprint density at radius 3 is 1.98 bits per heavy atom. The number of aromatic hydroxyl groups is 2. The molecule has 1 unspecified atom stereocenters. The number of phenols is 2. The van der Waals surface area contributed by atoms with Crippen LogP contribution in [-0.2, 0) is 10.2 Å². The molecule has 0 amide bonds. The first-order valence-corrected chi connectivity index (χ1v) is 15.9. The van der Waals surface area contributed by atoms with Crippen molar-refractivity contribution < 1.29 is 59.6 Å². The lowest BCUT2D eigenvalue weighted by atomic mass is 9.68. The maximum absolute atomic E-state index is 13.9. The van der Waals surface area contributed by atoms with Gasteiger partial charge in [-0.2, -0.15) is 39.5 Å². The van der Waals surface area contributed by atoms with Crippen molar-refractivity contribution in [1.82, 2.24) is 0 Å². The highest BCUT2D eigenvalue weighted by Gasteiger charge is 2.81. The minimum atomic E-state index is -6.99. The van der Waals surface area contributed by atoms with Crippen molar-refractivity contribution in [3.8, 4) is 11.5 Å². The number of halogens is 9. The van der Waals surface area contributed by atoms with Gasteiger partial charge in [-0.25, -0.2) is 0 Å². The summed E-state index contributed by atoms with van der Waals surface area (Å²) in [4.78, 5) is 12.5. The number of rotatable bonds is 16. The van der Waals surface area contributed by atoms with Gasteiger partial charge in [0, 0.05) is 22.5 Å². The number of phenolic OH excluding ortho intramolecular Hbond substituents is 2. The number of fused-ring (bicyclic) bond motifs is 1. The maximum Gasteiger partial charge on any atom is 0.460 e. The molecule has 0 saturated heterocycles. The van der Waals surface area contributed by atoms with Crippen LogP contribution >= 0.6 is 11.8 Å². The molecule has 1 aliphatic rings. The average Bonchev–Trinajstić information content (AvgIpc) is 2.96. The molecule has 0 radical (unpaired) electrons. The summed E-state index contributed by atoms with van der Waals surface area (Å²) >= 11 is 1.66. The maximum atomic E-state index is 13.9. The fourth-order valence-electron chi connectivity index (χ4n) is 5.97. The number of aliphatic carboxylic acids is 1. The molecular weight excluding hydrogens is 651 g/mol. The number of thioether (sulfide) groups is 1. The van der Waals surface area contributed by atoms with E-state index in [1.54, 1.807) is 36.0 Å². The second kappa shape index (κ2) is 14.6. The predicted octanol–water partition coefficient (Wildman–Crippen LogP) is 10.3. The first-order chi connectivity index (χ1) is 21.2. The van der Waals surface area contributed by atoms with Crippen molar-refractivity contribution >= 4 is 17.7 Å². The van der Waals surface area contributed by atoms with E-state index in [0.717, 1.165) is 47.5 Å². The number of hydrogen-bond acceptors (Lipinski definition) is 4. The van der Waals surface area contributed by atoms with Gasteiger partial charge in [0.15, 0.2) is 0 Å². The van der Waals surface area contributed by atoms with E-state index in [-0.39, 0.29) is 35.7 Å². The van der Waals surface area contributed by atoms with Crippen molar-refractivity contribution in [3.05, 3.63) is 53.6 Å². The molecule has 2 aromatic rings. The molecule has 4 nitrogen and oxygen atoms in total. The van der Waals surface area contributed by atoms with Crippen LogP contribution in [0.1, 0.15) is 88.2 Å². The molecule has 0 bridgehead atoms. The fraction of sp³-hybridized carbons (Fsp3) is 0.594. The summed E-state index contributed by atoms with van der Waals surface area (Å²) < 4.78 is 118. The van der Waals surface area contributed by atoms with Crippen LogP contribution in [0.2, 0.25) is 0 Å². The van der Waals surface area contributed by atoms with Crippen LogP contribution in [0.3, 0.4) is 0 Å². The third kappa shape index (κ3) is 8.20. The van der Waals surface area contributed by atoms with Crippen molar-refractivity contribution in [2.75, 3.05) is 5.75 Å². The topological polar surface area (TPSA) is 77.8 Å².